The molecule has 2 aromatic rings. The molecular formula is C16H19NO3. The molecule has 0 radical (unpaired) electrons. The monoisotopic (exact) mass is 273 g/mol. The Morgan fingerprint density at radius 1 is 1.20 bits per heavy atom. The second kappa shape index (κ2) is 6.28. The van der Waals surface area contributed by atoms with Crippen LogP contribution in [0.2, 0.25) is 0 Å². The number of rotatable bonds is 5. The Balaban J connectivity index is 1.83. The van der Waals surface area contributed by atoms with Crippen molar-refractivity contribution < 1.29 is 13.9 Å². The van der Waals surface area contributed by atoms with Gasteiger partial charge in [-0.15, -0.1) is 0 Å². The first kappa shape index (κ1) is 14.2. The minimum absolute atomic E-state index is 0.125. The third-order valence-corrected chi connectivity index (χ3v) is 3.12. The molecule has 0 aliphatic heterocycles. The summed E-state index contributed by atoms with van der Waals surface area (Å²) in [7, 11) is 1.74. The van der Waals surface area contributed by atoms with E-state index in [2.05, 4.69) is 0 Å². The summed E-state index contributed by atoms with van der Waals surface area (Å²) in [6, 6.07) is 9.62. The topological polar surface area (TPSA) is 42.7 Å². The van der Waals surface area contributed by atoms with Gasteiger partial charge >= 0.3 is 0 Å². The number of benzene rings is 1. The van der Waals surface area contributed by atoms with E-state index >= 15 is 0 Å². The van der Waals surface area contributed by atoms with Crippen molar-refractivity contribution in [2.24, 2.45) is 0 Å². The first-order valence-electron chi connectivity index (χ1n) is 6.57. The van der Waals surface area contributed by atoms with E-state index in [-0.39, 0.29) is 5.91 Å². The summed E-state index contributed by atoms with van der Waals surface area (Å²) < 4.78 is 10.8. The van der Waals surface area contributed by atoms with Crippen LogP contribution < -0.4 is 4.74 Å². The van der Waals surface area contributed by atoms with Gasteiger partial charge in [-0.05, 0) is 32.0 Å². The van der Waals surface area contributed by atoms with Crippen LogP contribution in [0.15, 0.2) is 41.0 Å². The van der Waals surface area contributed by atoms with E-state index in [4.69, 9.17) is 9.15 Å². The van der Waals surface area contributed by atoms with Crippen molar-refractivity contribution in [1.82, 2.24) is 4.90 Å². The fourth-order valence-electron chi connectivity index (χ4n) is 1.80. The van der Waals surface area contributed by atoms with Gasteiger partial charge in [-0.3, -0.25) is 4.79 Å². The Kier molecular flexibility index (Phi) is 4.45. The lowest BCUT2D eigenvalue weighted by molar-refractivity contribution is 0.0741. The predicted octanol–water partition coefficient (Wildman–Crippen LogP) is 3.05. The number of hydrogen-bond acceptors (Lipinski definition) is 3. The van der Waals surface area contributed by atoms with Crippen molar-refractivity contribution in [1.29, 1.82) is 0 Å². The second-order valence-electron chi connectivity index (χ2n) is 4.82. The van der Waals surface area contributed by atoms with Crippen LogP contribution in [0.3, 0.4) is 0 Å². The SMILES string of the molecule is Cc1ccc(OCCN(C)C(=O)c2occc2C)cc1. The first-order valence-corrected chi connectivity index (χ1v) is 6.57. The molecule has 0 fully saturated rings. The summed E-state index contributed by atoms with van der Waals surface area (Å²) in [5.74, 6) is 1.08. The number of carbonyl (C=O) groups is 1. The van der Waals surface area contributed by atoms with Crippen molar-refractivity contribution in [3.8, 4) is 5.75 Å². The number of likely N-dealkylation sites (N-methyl/N-ethyl adjacent to an activating group) is 1. The zero-order valence-electron chi connectivity index (χ0n) is 12.1. The van der Waals surface area contributed by atoms with Crippen LogP contribution in [0.1, 0.15) is 21.7 Å². The number of furan rings is 1. The van der Waals surface area contributed by atoms with Gasteiger partial charge in [0.05, 0.1) is 12.8 Å². The fourth-order valence-corrected chi connectivity index (χ4v) is 1.80. The van der Waals surface area contributed by atoms with E-state index in [1.165, 1.54) is 11.8 Å². The number of aryl methyl sites for hydroxylation is 2. The lowest BCUT2D eigenvalue weighted by Crippen LogP contribution is -2.31. The molecule has 0 saturated heterocycles. The molecule has 2 rings (SSSR count). The van der Waals surface area contributed by atoms with E-state index in [1.807, 2.05) is 38.1 Å². The molecule has 1 aromatic carbocycles. The Morgan fingerprint density at radius 2 is 1.90 bits per heavy atom. The zero-order chi connectivity index (χ0) is 14.5. The lowest BCUT2D eigenvalue weighted by atomic mass is 10.2. The highest BCUT2D eigenvalue weighted by atomic mass is 16.5. The quantitative estimate of drug-likeness (QED) is 0.841. The molecule has 0 N–H and O–H groups in total. The van der Waals surface area contributed by atoms with E-state index in [9.17, 15) is 4.79 Å². The van der Waals surface area contributed by atoms with E-state index < -0.39 is 0 Å². The molecule has 1 amide bonds. The van der Waals surface area contributed by atoms with Crippen molar-refractivity contribution >= 4 is 5.91 Å². The van der Waals surface area contributed by atoms with Gasteiger partial charge in [-0.2, -0.15) is 0 Å². The van der Waals surface area contributed by atoms with Crippen LogP contribution in [-0.4, -0.2) is 31.0 Å². The summed E-state index contributed by atoms with van der Waals surface area (Å²) in [5, 5.41) is 0. The fraction of sp³-hybridized carbons (Fsp3) is 0.312. The molecule has 0 aliphatic rings. The van der Waals surface area contributed by atoms with E-state index in [0.29, 0.717) is 18.9 Å². The van der Waals surface area contributed by atoms with Crippen molar-refractivity contribution in [2.45, 2.75) is 13.8 Å². The van der Waals surface area contributed by atoms with E-state index in [0.717, 1.165) is 11.3 Å². The van der Waals surface area contributed by atoms with Gasteiger partial charge in [0.1, 0.15) is 12.4 Å². The third kappa shape index (κ3) is 3.41. The van der Waals surface area contributed by atoms with Gasteiger partial charge in [0, 0.05) is 12.6 Å². The molecule has 1 heterocycles. The van der Waals surface area contributed by atoms with Crippen LogP contribution in [-0.2, 0) is 0 Å². The minimum Gasteiger partial charge on any atom is -0.492 e. The molecule has 4 heteroatoms. The van der Waals surface area contributed by atoms with Crippen LogP contribution in [0, 0.1) is 13.8 Å². The molecule has 1 aromatic heterocycles. The predicted molar refractivity (Wildman–Crippen MR) is 77.1 cm³/mol. The molecule has 0 aliphatic carbocycles. The number of amides is 1. The van der Waals surface area contributed by atoms with Crippen LogP contribution >= 0.6 is 0 Å². The summed E-state index contributed by atoms with van der Waals surface area (Å²) in [5.41, 5.74) is 2.04. The molecule has 0 atom stereocenters. The number of nitrogens with zero attached hydrogens (tertiary/aromatic N) is 1. The van der Waals surface area contributed by atoms with Gasteiger partial charge in [0.2, 0.25) is 0 Å². The number of hydrogen-bond donors (Lipinski definition) is 0. The normalized spacial score (nSPS) is 10.3. The maximum absolute atomic E-state index is 12.1. The Morgan fingerprint density at radius 3 is 2.50 bits per heavy atom. The first-order chi connectivity index (χ1) is 9.58. The largest absolute Gasteiger partial charge is 0.492 e. The van der Waals surface area contributed by atoms with E-state index in [1.54, 1.807) is 18.0 Å². The molecule has 0 unspecified atom stereocenters. The van der Waals surface area contributed by atoms with Crippen LogP contribution in [0.5, 0.6) is 5.75 Å². The van der Waals surface area contributed by atoms with Gasteiger partial charge in [-0.25, -0.2) is 0 Å². The van der Waals surface area contributed by atoms with Gasteiger partial charge in [0.15, 0.2) is 5.76 Å². The summed E-state index contributed by atoms with van der Waals surface area (Å²) in [6.45, 7) is 4.84. The summed E-state index contributed by atoms with van der Waals surface area (Å²) >= 11 is 0. The molecular weight excluding hydrogens is 254 g/mol. The molecule has 20 heavy (non-hydrogen) atoms. The molecule has 4 nitrogen and oxygen atoms in total. The Hall–Kier alpha value is -2.23. The van der Waals surface area contributed by atoms with Crippen molar-refractivity contribution in [3.05, 3.63) is 53.5 Å². The van der Waals surface area contributed by atoms with Gasteiger partial charge in [0.25, 0.3) is 5.91 Å². The highest BCUT2D eigenvalue weighted by molar-refractivity contribution is 5.92. The summed E-state index contributed by atoms with van der Waals surface area (Å²) in [4.78, 5) is 13.7. The molecule has 106 valence electrons. The van der Waals surface area contributed by atoms with Crippen molar-refractivity contribution in [3.63, 3.8) is 0 Å². The summed E-state index contributed by atoms with van der Waals surface area (Å²) in [6.07, 6.45) is 1.53. The third-order valence-electron chi connectivity index (χ3n) is 3.12. The average molecular weight is 273 g/mol. The Labute approximate surface area is 119 Å². The van der Waals surface area contributed by atoms with Crippen LogP contribution in [0.25, 0.3) is 0 Å². The van der Waals surface area contributed by atoms with Crippen LogP contribution in [0.4, 0.5) is 0 Å². The highest BCUT2D eigenvalue weighted by Gasteiger charge is 2.17. The molecule has 0 spiro atoms. The molecule has 0 saturated carbocycles. The second-order valence-corrected chi connectivity index (χ2v) is 4.82. The molecule has 0 bridgehead atoms. The maximum Gasteiger partial charge on any atom is 0.289 e. The standard InChI is InChI=1S/C16H19NO3/c1-12-4-6-14(7-5-12)19-11-9-17(3)16(18)15-13(2)8-10-20-15/h4-8,10H,9,11H2,1-3H3. The number of carbonyl (C=O) groups excluding carboxylic acids is 1. The van der Waals surface area contributed by atoms with Gasteiger partial charge < -0.3 is 14.1 Å². The lowest BCUT2D eigenvalue weighted by Gasteiger charge is -2.16. The Bertz CT molecular complexity index is 572. The van der Waals surface area contributed by atoms with Crippen molar-refractivity contribution in [2.75, 3.05) is 20.2 Å². The smallest absolute Gasteiger partial charge is 0.289 e. The minimum atomic E-state index is -0.125. The maximum atomic E-state index is 12.1. The highest BCUT2D eigenvalue weighted by Crippen LogP contribution is 2.13. The van der Waals surface area contributed by atoms with Gasteiger partial charge in [-0.1, -0.05) is 17.7 Å². The number of ether oxygens (including phenoxy) is 1. The average Bonchev–Trinajstić information content (AvgIpc) is 2.86. The zero-order valence-corrected chi connectivity index (χ0v) is 12.1.